The minimum atomic E-state index is 0.605. The van der Waals surface area contributed by atoms with E-state index in [1.165, 1.54) is 5.56 Å². The molecule has 360 valence electrons. The highest BCUT2D eigenvalue weighted by molar-refractivity contribution is 6.17. The van der Waals surface area contributed by atoms with E-state index in [-0.39, 0.29) is 0 Å². The fourth-order valence-corrected chi connectivity index (χ4v) is 11.6. The first kappa shape index (κ1) is 43.9. The number of anilines is 6. The highest BCUT2D eigenvalue weighted by atomic mass is 16.3. The van der Waals surface area contributed by atoms with E-state index in [1.54, 1.807) is 0 Å². The Labute approximate surface area is 443 Å². The van der Waals surface area contributed by atoms with Crippen molar-refractivity contribution in [3.63, 3.8) is 0 Å². The van der Waals surface area contributed by atoms with Gasteiger partial charge in [0.15, 0.2) is 0 Å². The second-order valence-electron chi connectivity index (χ2n) is 19.6. The van der Waals surface area contributed by atoms with Crippen molar-refractivity contribution in [2.24, 2.45) is 0 Å². The molecule has 0 saturated heterocycles. The summed E-state index contributed by atoms with van der Waals surface area (Å²) in [6.45, 7) is 0. The summed E-state index contributed by atoms with van der Waals surface area (Å²) in [6.07, 6.45) is 0. The molecule has 0 atom stereocenters. The molecule has 0 bridgehead atoms. The van der Waals surface area contributed by atoms with Crippen LogP contribution in [0.25, 0.3) is 104 Å². The first-order chi connectivity index (χ1) is 38.1. The lowest BCUT2D eigenvalue weighted by Gasteiger charge is -2.27. The molecule has 3 heterocycles. The summed E-state index contributed by atoms with van der Waals surface area (Å²) in [5.74, 6) is 0. The molecule has 3 aromatic heterocycles. The molecule has 15 aromatic rings. The highest BCUT2D eigenvalue weighted by Gasteiger charge is 2.24. The molecule has 0 amide bonds. The maximum atomic E-state index is 9.96. The van der Waals surface area contributed by atoms with E-state index in [2.05, 4.69) is 251 Å². The number of hydrogen-bond acceptors (Lipinski definition) is 5. The average molecular weight is 985 g/mol. The van der Waals surface area contributed by atoms with Gasteiger partial charge in [0.25, 0.3) is 0 Å². The van der Waals surface area contributed by atoms with Crippen LogP contribution in [0.15, 0.2) is 276 Å². The predicted molar refractivity (Wildman–Crippen MR) is 318 cm³/mol. The lowest BCUT2D eigenvalue weighted by atomic mass is 10.0. The number of hydrogen-bond donors (Lipinski definition) is 0. The zero-order valence-electron chi connectivity index (χ0n) is 41.5. The second kappa shape index (κ2) is 17.8. The van der Waals surface area contributed by atoms with Crippen molar-refractivity contribution in [3.05, 3.63) is 272 Å². The molecule has 0 saturated carbocycles. The topological polar surface area (TPSA) is 61.5 Å². The van der Waals surface area contributed by atoms with Crippen LogP contribution in [0.4, 0.5) is 34.1 Å². The fraction of sp³-hybridized carbons (Fsp3) is 0. The summed E-state index contributed by atoms with van der Waals surface area (Å²) in [7, 11) is 0. The van der Waals surface area contributed by atoms with Crippen molar-refractivity contribution in [3.8, 4) is 34.0 Å². The van der Waals surface area contributed by atoms with Gasteiger partial charge in [-0.15, -0.1) is 0 Å². The van der Waals surface area contributed by atoms with Crippen LogP contribution in [-0.2, 0) is 0 Å². The third-order valence-electron chi connectivity index (χ3n) is 15.2. The maximum absolute atomic E-state index is 9.96. The largest absolute Gasteiger partial charge is 0.456 e. The Hall–Kier alpha value is -10.6. The van der Waals surface area contributed by atoms with Crippen LogP contribution in [0.3, 0.4) is 0 Å². The number of nitriles is 1. The predicted octanol–water partition coefficient (Wildman–Crippen LogP) is 19.9. The number of furan rings is 2. The van der Waals surface area contributed by atoms with Gasteiger partial charge < -0.3 is 23.2 Å². The minimum absolute atomic E-state index is 0.605. The molecule has 0 N–H and O–H groups in total. The number of nitrogens with zero attached hydrogens (tertiary/aromatic N) is 4. The van der Waals surface area contributed by atoms with Crippen LogP contribution in [0.5, 0.6) is 0 Å². The van der Waals surface area contributed by atoms with Gasteiger partial charge in [-0.3, -0.25) is 0 Å². The van der Waals surface area contributed by atoms with E-state index in [1.807, 2.05) is 36.4 Å². The summed E-state index contributed by atoms with van der Waals surface area (Å²) in [5, 5.41) is 18.6. The summed E-state index contributed by atoms with van der Waals surface area (Å²) in [5.41, 5.74) is 17.7. The number of rotatable bonds is 9. The molecule has 6 nitrogen and oxygen atoms in total. The van der Waals surface area contributed by atoms with Crippen LogP contribution in [0.1, 0.15) is 5.56 Å². The van der Waals surface area contributed by atoms with Crippen molar-refractivity contribution >= 4 is 111 Å². The van der Waals surface area contributed by atoms with Crippen molar-refractivity contribution in [2.75, 3.05) is 9.80 Å². The summed E-state index contributed by atoms with van der Waals surface area (Å²) >= 11 is 0. The van der Waals surface area contributed by atoms with Crippen molar-refractivity contribution < 1.29 is 8.83 Å². The van der Waals surface area contributed by atoms with Gasteiger partial charge >= 0.3 is 0 Å². The molecule has 0 aliphatic heterocycles. The first-order valence-electron chi connectivity index (χ1n) is 25.9. The lowest BCUT2D eigenvalue weighted by Crippen LogP contribution is -2.10. The van der Waals surface area contributed by atoms with Gasteiger partial charge in [-0.05, 0) is 154 Å². The standard InChI is InChI=1S/C71H44N4O2/c72-45-46-25-32-55(33-26-46)75-64-43-52-41-56(73(53-34-27-49(28-35-53)47-13-3-1-4-14-47)62-19-11-23-68-70(62)59-17-7-9-21-66(59)76-68)38-31-51(52)42-61(64)58-40-39-57(44-65(58)75)74(54-36-29-50(30-37-54)48-15-5-2-6-16-48)63-20-12-24-69-71(63)60-18-8-10-22-67(60)77-69/h1-44H. The minimum Gasteiger partial charge on any atom is -0.456 e. The van der Waals surface area contributed by atoms with E-state index in [0.717, 1.165) is 133 Å². The molecular weight excluding hydrogens is 941 g/mol. The van der Waals surface area contributed by atoms with Crippen molar-refractivity contribution in [1.29, 1.82) is 5.26 Å². The Kier molecular flexibility index (Phi) is 10.2. The van der Waals surface area contributed by atoms with Crippen molar-refractivity contribution in [1.82, 2.24) is 4.57 Å². The molecule has 0 unspecified atom stereocenters. The Morgan fingerprint density at radius 1 is 0.325 bits per heavy atom. The maximum Gasteiger partial charge on any atom is 0.137 e. The molecule has 0 fully saturated rings. The molecule has 15 rings (SSSR count). The van der Waals surface area contributed by atoms with Gasteiger partial charge in [0, 0.05) is 50.0 Å². The van der Waals surface area contributed by atoms with Crippen LogP contribution in [0, 0.1) is 11.3 Å². The summed E-state index contributed by atoms with van der Waals surface area (Å²) in [6, 6.07) is 96.5. The molecule has 77 heavy (non-hydrogen) atoms. The normalized spacial score (nSPS) is 11.6. The fourth-order valence-electron chi connectivity index (χ4n) is 11.6. The van der Waals surface area contributed by atoms with Crippen LogP contribution >= 0.6 is 0 Å². The van der Waals surface area contributed by atoms with E-state index in [0.29, 0.717) is 5.56 Å². The van der Waals surface area contributed by atoms with E-state index < -0.39 is 0 Å². The Bertz CT molecular complexity index is 4800. The van der Waals surface area contributed by atoms with Crippen LogP contribution in [-0.4, -0.2) is 4.57 Å². The third-order valence-corrected chi connectivity index (χ3v) is 15.2. The van der Waals surface area contributed by atoms with Crippen LogP contribution in [0.2, 0.25) is 0 Å². The second-order valence-corrected chi connectivity index (χ2v) is 19.6. The molecule has 0 radical (unpaired) electrons. The van der Waals surface area contributed by atoms with E-state index >= 15 is 0 Å². The van der Waals surface area contributed by atoms with Gasteiger partial charge in [0.1, 0.15) is 22.3 Å². The first-order valence-corrected chi connectivity index (χ1v) is 25.9. The highest BCUT2D eigenvalue weighted by Crippen LogP contribution is 2.47. The van der Waals surface area contributed by atoms with Gasteiger partial charge in [0.05, 0.1) is 44.8 Å². The van der Waals surface area contributed by atoms with Crippen LogP contribution < -0.4 is 9.80 Å². The zero-order chi connectivity index (χ0) is 51.0. The van der Waals surface area contributed by atoms with Gasteiger partial charge in [-0.1, -0.05) is 146 Å². The number of aromatic nitrogens is 1. The smallest absolute Gasteiger partial charge is 0.137 e. The lowest BCUT2D eigenvalue weighted by molar-refractivity contribution is 0.668. The molecule has 12 aromatic carbocycles. The molecule has 0 aliphatic carbocycles. The van der Waals surface area contributed by atoms with Gasteiger partial charge in [-0.2, -0.15) is 5.26 Å². The van der Waals surface area contributed by atoms with E-state index in [9.17, 15) is 5.26 Å². The third kappa shape index (κ3) is 7.33. The molecule has 6 heteroatoms. The SMILES string of the molecule is N#Cc1ccc(-n2c3cc(N(c4ccc(-c5ccccc5)cc4)c4cccc5oc6ccccc6c45)ccc3c3cc4ccc(N(c5ccc(-c6ccccc6)cc5)c5cccc6oc7ccccc7c56)cc4cc32)cc1. The summed E-state index contributed by atoms with van der Waals surface area (Å²) < 4.78 is 15.3. The Morgan fingerprint density at radius 2 is 0.792 bits per heavy atom. The quantitative estimate of drug-likeness (QED) is 0.144. The molecule has 0 spiro atoms. The molecular formula is C71H44N4O2. The average Bonchev–Trinajstić information content (AvgIpc) is 4.28. The zero-order valence-corrected chi connectivity index (χ0v) is 41.5. The Morgan fingerprint density at radius 3 is 1.35 bits per heavy atom. The summed E-state index contributed by atoms with van der Waals surface area (Å²) in [4.78, 5) is 4.71. The van der Waals surface area contributed by atoms with E-state index in [4.69, 9.17) is 8.83 Å². The number of para-hydroxylation sites is 2. The van der Waals surface area contributed by atoms with Gasteiger partial charge in [-0.25, -0.2) is 0 Å². The molecule has 0 aliphatic rings. The number of fused-ring (bicyclic) bond motifs is 10. The monoisotopic (exact) mass is 984 g/mol. The Balaban J connectivity index is 0.943. The van der Waals surface area contributed by atoms with Gasteiger partial charge in [0.2, 0.25) is 0 Å². The van der Waals surface area contributed by atoms with Crippen molar-refractivity contribution in [2.45, 2.75) is 0 Å². The number of benzene rings is 12.